The fraction of sp³-hybridized carbons (Fsp3) is 0.571. The molecule has 0 aromatic carbocycles. The van der Waals surface area contributed by atoms with Crippen LogP contribution < -0.4 is 22.1 Å². The van der Waals surface area contributed by atoms with E-state index in [0.717, 1.165) is 5.69 Å². The summed E-state index contributed by atoms with van der Waals surface area (Å²) >= 11 is 4.72. The van der Waals surface area contributed by atoms with Gasteiger partial charge in [-0.3, -0.25) is 9.59 Å². The van der Waals surface area contributed by atoms with Gasteiger partial charge in [0.1, 0.15) is 6.04 Å². The number of unbranched alkanes of at least 4 members (excludes halogenated alkanes) is 1. The van der Waals surface area contributed by atoms with Crippen LogP contribution in [0.1, 0.15) is 25.0 Å². The third-order valence-corrected chi connectivity index (χ3v) is 3.16. The van der Waals surface area contributed by atoms with Gasteiger partial charge >= 0.3 is 5.97 Å². The number of aliphatic carboxylic acids is 1. The number of aromatic nitrogens is 2. The average molecular weight is 374 g/mol. The highest BCUT2D eigenvalue weighted by Gasteiger charge is 2.19. The minimum Gasteiger partial charge on any atom is -0.480 e. The Hall–Kier alpha value is -2.24. The fourth-order valence-corrected chi connectivity index (χ4v) is 1.89. The molecule has 0 saturated carbocycles. The summed E-state index contributed by atoms with van der Waals surface area (Å²) in [5, 5.41) is 13.5. The van der Waals surface area contributed by atoms with Gasteiger partial charge in [0.05, 0.1) is 13.1 Å². The molecule has 0 aliphatic heterocycles. The number of aromatic amines is 2. The lowest BCUT2D eigenvalue weighted by atomic mass is 10.1. The lowest BCUT2D eigenvalue weighted by Crippen LogP contribution is -2.46. The van der Waals surface area contributed by atoms with Crippen molar-refractivity contribution >= 4 is 30.0 Å². The first-order valence-electron chi connectivity index (χ1n) is 7.73. The van der Waals surface area contributed by atoms with E-state index >= 15 is 0 Å². The molecule has 0 aliphatic rings. The number of aryl methyl sites for hydroxylation is 1. The SMILES string of the molecule is Cc1c[nH]c(=S)[nH]1.NCCCCC(NC(=O)CNC(=O)CN)C(=O)O. The largest absolute Gasteiger partial charge is 0.480 e. The maximum atomic E-state index is 11.4. The third-order valence-electron chi connectivity index (χ3n) is 2.94. The summed E-state index contributed by atoms with van der Waals surface area (Å²) in [6.07, 6.45) is 3.46. The number of hydrogen-bond donors (Lipinski definition) is 7. The lowest BCUT2D eigenvalue weighted by Gasteiger charge is -2.14. The number of nitrogens with two attached hydrogens (primary N) is 2. The van der Waals surface area contributed by atoms with E-state index in [4.69, 9.17) is 28.8 Å². The Morgan fingerprint density at radius 3 is 2.36 bits per heavy atom. The molecule has 0 fully saturated rings. The highest BCUT2D eigenvalue weighted by Crippen LogP contribution is 2.00. The summed E-state index contributed by atoms with van der Waals surface area (Å²) in [7, 11) is 0. The van der Waals surface area contributed by atoms with E-state index < -0.39 is 23.8 Å². The van der Waals surface area contributed by atoms with E-state index in [1.54, 1.807) is 0 Å². The van der Waals surface area contributed by atoms with Crippen molar-refractivity contribution in [3.8, 4) is 0 Å². The molecule has 1 rings (SSSR count). The Bertz CT molecular complexity index is 600. The summed E-state index contributed by atoms with van der Waals surface area (Å²) in [5.41, 5.74) is 11.4. The second-order valence-corrected chi connectivity index (χ2v) is 5.56. The van der Waals surface area contributed by atoms with Crippen molar-refractivity contribution in [3.05, 3.63) is 16.7 Å². The van der Waals surface area contributed by atoms with E-state index in [9.17, 15) is 14.4 Å². The van der Waals surface area contributed by atoms with Crippen LogP contribution >= 0.6 is 12.2 Å². The van der Waals surface area contributed by atoms with Crippen molar-refractivity contribution in [2.45, 2.75) is 32.2 Å². The van der Waals surface area contributed by atoms with E-state index in [0.29, 0.717) is 30.6 Å². The smallest absolute Gasteiger partial charge is 0.326 e. The number of carboxylic acid groups (broad SMARTS) is 1. The zero-order chi connectivity index (χ0) is 19.2. The summed E-state index contributed by atoms with van der Waals surface area (Å²) in [5.74, 6) is -2.14. The molecule has 9 N–H and O–H groups in total. The first kappa shape index (κ1) is 22.8. The first-order chi connectivity index (χ1) is 11.8. The summed E-state index contributed by atoms with van der Waals surface area (Å²) in [4.78, 5) is 38.8. The second-order valence-electron chi connectivity index (χ2n) is 5.15. The van der Waals surface area contributed by atoms with E-state index in [-0.39, 0.29) is 13.1 Å². The van der Waals surface area contributed by atoms with E-state index in [1.807, 2.05) is 13.1 Å². The van der Waals surface area contributed by atoms with Gasteiger partial charge in [-0.15, -0.1) is 0 Å². The Kier molecular flexibility index (Phi) is 11.9. The molecule has 10 nitrogen and oxygen atoms in total. The molecule has 142 valence electrons. The standard InChI is InChI=1S/C10H20N4O4.C4H6N2S/c11-4-2-1-3-7(10(17)18)14-9(16)6-13-8(15)5-12;1-3-2-5-4(7)6-3/h7H,1-6,11-12H2,(H,13,15)(H,14,16)(H,17,18);2H,1H3,(H2,5,6,7). The van der Waals surface area contributed by atoms with Crippen LogP contribution in [0.2, 0.25) is 0 Å². The molecule has 1 atom stereocenters. The normalized spacial score (nSPS) is 11.0. The molecule has 1 aromatic rings. The number of carboxylic acids is 1. The highest BCUT2D eigenvalue weighted by atomic mass is 32.1. The molecule has 0 radical (unpaired) electrons. The van der Waals surface area contributed by atoms with Gasteiger partial charge in [0, 0.05) is 11.9 Å². The monoisotopic (exact) mass is 374 g/mol. The number of nitrogens with one attached hydrogen (secondary N) is 4. The maximum Gasteiger partial charge on any atom is 0.326 e. The molecular formula is C14H26N6O4S. The zero-order valence-electron chi connectivity index (χ0n) is 14.1. The van der Waals surface area contributed by atoms with Gasteiger partial charge in [0.2, 0.25) is 11.8 Å². The van der Waals surface area contributed by atoms with Crippen molar-refractivity contribution in [2.75, 3.05) is 19.6 Å². The number of carbonyl (C=O) groups excluding carboxylic acids is 2. The summed E-state index contributed by atoms with van der Waals surface area (Å²) < 4.78 is 0.692. The van der Waals surface area contributed by atoms with Crippen LogP contribution in [0.5, 0.6) is 0 Å². The minimum atomic E-state index is -1.11. The van der Waals surface area contributed by atoms with E-state index in [2.05, 4.69) is 20.6 Å². The van der Waals surface area contributed by atoms with Crippen molar-refractivity contribution in [2.24, 2.45) is 11.5 Å². The van der Waals surface area contributed by atoms with Crippen molar-refractivity contribution in [1.82, 2.24) is 20.6 Å². The second kappa shape index (κ2) is 13.1. The maximum absolute atomic E-state index is 11.4. The van der Waals surface area contributed by atoms with Crippen molar-refractivity contribution < 1.29 is 19.5 Å². The molecule has 0 saturated heterocycles. The van der Waals surface area contributed by atoms with Gasteiger partial charge in [-0.1, -0.05) is 0 Å². The lowest BCUT2D eigenvalue weighted by molar-refractivity contribution is -0.141. The fourth-order valence-electron chi connectivity index (χ4n) is 1.67. The van der Waals surface area contributed by atoms with Gasteiger partial charge in [-0.25, -0.2) is 4.79 Å². The molecule has 25 heavy (non-hydrogen) atoms. The number of amides is 2. The minimum absolute atomic E-state index is 0.216. The van der Waals surface area contributed by atoms with Gasteiger partial charge in [-0.2, -0.15) is 0 Å². The first-order valence-corrected chi connectivity index (χ1v) is 8.14. The zero-order valence-corrected chi connectivity index (χ0v) is 14.9. The molecule has 11 heteroatoms. The van der Waals surface area contributed by atoms with Crippen LogP contribution in [0.15, 0.2) is 6.20 Å². The van der Waals surface area contributed by atoms with Crippen LogP contribution in [-0.4, -0.2) is 58.5 Å². The average Bonchev–Trinajstić information content (AvgIpc) is 2.95. The van der Waals surface area contributed by atoms with Gasteiger partial charge in [-0.05, 0) is 44.9 Å². The van der Waals surface area contributed by atoms with E-state index in [1.165, 1.54) is 0 Å². The quantitative estimate of drug-likeness (QED) is 0.217. The molecule has 0 bridgehead atoms. The van der Waals surface area contributed by atoms with Crippen LogP contribution in [0.4, 0.5) is 0 Å². The van der Waals surface area contributed by atoms with Crippen molar-refractivity contribution in [1.29, 1.82) is 0 Å². The number of carbonyl (C=O) groups is 3. The molecule has 1 heterocycles. The summed E-state index contributed by atoms with van der Waals surface area (Å²) in [6, 6.07) is -0.959. The van der Waals surface area contributed by atoms with Gasteiger partial charge in [0.25, 0.3) is 0 Å². The molecule has 0 spiro atoms. The van der Waals surface area contributed by atoms with Crippen LogP contribution in [-0.2, 0) is 14.4 Å². The Morgan fingerprint density at radius 2 is 1.96 bits per heavy atom. The number of imidazole rings is 1. The molecule has 0 aliphatic carbocycles. The van der Waals surface area contributed by atoms with Gasteiger partial charge < -0.3 is 37.2 Å². The number of rotatable bonds is 9. The van der Waals surface area contributed by atoms with Crippen LogP contribution in [0, 0.1) is 11.7 Å². The highest BCUT2D eigenvalue weighted by molar-refractivity contribution is 7.71. The number of H-pyrrole nitrogens is 2. The van der Waals surface area contributed by atoms with Crippen LogP contribution in [0.3, 0.4) is 0 Å². The molecule has 1 aromatic heterocycles. The molecule has 2 amide bonds. The summed E-state index contributed by atoms with van der Waals surface area (Å²) in [6.45, 7) is 1.93. The predicted molar refractivity (Wildman–Crippen MR) is 95.3 cm³/mol. The van der Waals surface area contributed by atoms with Crippen molar-refractivity contribution in [3.63, 3.8) is 0 Å². The Balaban J connectivity index is 0.000000676. The van der Waals surface area contributed by atoms with Crippen LogP contribution in [0.25, 0.3) is 0 Å². The number of hydrogen-bond acceptors (Lipinski definition) is 6. The predicted octanol–water partition coefficient (Wildman–Crippen LogP) is -0.860. The molecule has 1 unspecified atom stereocenters. The Morgan fingerprint density at radius 1 is 1.28 bits per heavy atom. The third kappa shape index (κ3) is 11.9. The van der Waals surface area contributed by atoms with Gasteiger partial charge in [0.15, 0.2) is 4.77 Å². The topological polar surface area (TPSA) is 179 Å². The Labute approximate surface area is 150 Å². The molecular weight excluding hydrogens is 348 g/mol.